The molecule has 0 saturated heterocycles. The van der Waals surface area contributed by atoms with E-state index in [0.29, 0.717) is 0 Å². The van der Waals surface area contributed by atoms with Crippen molar-refractivity contribution in [3.05, 3.63) is 0 Å². The molecule has 0 aromatic carbocycles. The van der Waals surface area contributed by atoms with E-state index in [0.717, 1.165) is 6.92 Å². The average Bonchev–Trinajstić information content (AvgIpc) is 2.43. The third kappa shape index (κ3) is 33.2. The summed E-state index contributed by atoms with van der Waals surface area (Å²) in [6, 6.07) is 0. The summed E-state index contributed by atoms with van der Waals surface area (Å²) in [6.45, 7) is 5.58. The molecule has 0 radical (unpaired) electrons. The summed E-state index contributed by atoms with van der Waals surface area (Å²) in [7, 11) is 0. The van der Waals surface area contributed by atoms with Crippen molar-refractivity contribution in [3.8, 4) is 0 Å². The normalized spacial score (nSPS) is 9.86. The molecule has 2 nitrogen and oxygen atoms in total. The van der Waals surface area contributed by atoms with E-state index >= 15 is 0 Å². The predicted molar refractivity (Wildman–Crippen MR) is 94.2 cm³/mol. The van der Waals surface area contributed by atoms with E-state index in [9.17, 15) is 0 Å². The van der Waals surface area contributed by atoms with Gasteiger partial charge in [-0.25, -0.2) is 0 Å². The van der Waals surface area contributed by atoms with Crippen LogP contribution in [0.2, 0.25) is 8.87 Å². The Labute approximate surface area is 143 Å². The van der Waals surface area contributed by atoms with Crippen LogP contribution in [0.25, 0.3) is 0 Å². The number of carbonyl (C=O) groups excluding carboxylic acids is 1. The van der Waals surface area contributed by atoms with Crippen LogP contribution in [-0.2, 0) is 4.79 Å². The van der Waals surface area contributed by atoms with Gasteiger partial charge in [0.1, 0.15) is 0 Å². The van der Waals surface area contributed by atoms with Crippen molar-refractivity contribution < 1.29 is 9.90 Å². The topological polar surface area (TPSA) is 40.1 Å². The van der Waals surface area contributed by atoms with Gasteiger partial charge in [0.15, 0.2) is 0 Å². The van der Waals surface area contributed by atoms with E-state index in [1.165, 1.54) is 64.2 Å². The maximum atomic E-state index is 8.89. The van der Waals surface area contributed by atoms with Crippen LogP contribution >= 0.6 is 0 Å². The molecule has 0 spiro atoms. The van der Waals surface area contributed by atoms with E-state index in [2.05, 4.69) is 13.8 Å². The zero-order chi connectivity index (χ0) is 16.2. The van der Waals surface area contributed by atoms with Gasteiger partial charge in [0.05, 0.1) is 0 Å². The number of carboxylic acids is 1. The Morgan fingerprint density at radius 3 is 1.33 bits per heavy atom. The van der Waals surface area contributed by atoms with Gasteiger partial charge in [-0.05, 0) is 6.92 Å². The Hall–Kier alpha value is 0.269. The van der Waals surface area contributed by atoms with Crippen LogP contribution in [0.15, 0.2) is 0 Å². The zero-order valence-electron chi connectivity index (χ0n) is 14.8. The summed E-state index contributed by atoms with van der Waals surface area (Å²) in [5.41, 5.74) is 0. The Balaban J connectivity index is 0. The maximum absolute atomic E-state index is 8.89. The second-order valence-corrected chi connectivity index (χ2v) is 10.8. The van der Waals surface area contributed by atoms with Crippen molar-refractivity contribution in [1.82, 2.24) is 0 Å². The Morgan fingerprint density at radius 1 is 0.714 bits per heavy atom. The van der Waals surface area contributed by atoms with Gasteiger partial charge >= 0.3 is 121 Å². The Kier molecular flexibility index (Phi) is 25.3. The molecule has 21 heavy (non-hydrogen) atoms. The van der Waals surface area contributed by atoms with Crippen molar-refractivity contribution in [2.75, 3.05) is 0 Å². The molecule has 0 aliphatic heterocycles. The van der Waals surface area contributed by atoms with Gasteiger partial charge in [-0.1, -0.05) is 0 Å². The zero-order valence-corrected chi connectivity index (χ0v) is 18.1. The molecule has 0 aromatic rings. The molecule has 3 heteroatoms. The molecule has 0 rings (SSSR count). The van der Waals surface area contributed by atoms with E-state index in [-0.39, 0.29) is 21.1 Å². The molecule has 0 aliphatic carbocycles. The molecule has 0 heterocycles. The van der Waals surface area contributed by atoms with Crippen LogP contribution < -0.4 is 5.11 Å². The van der Waals surface area contributed by atoms with Crippen LogP contribution in [0.1, 0.15) is 97.8 Å². The van der Waals surface area contributed by atoms with Crippen molar-refractivity contribution in [3.63, 3.8) is 0 Å². The molecule has 0 aliphatic rings. The monoisotopic (exact) mass is 406 g/mol. The SMILES string of the molecule is CC(=O)[O-].CCCCCCC[CH2][SnH+][CH2]CCCCCCC. The minimum atomic E-state index is -1.08. The van der Waals surface area contributed by atoms with Gasteiger partial charge in [-0.15, -0.1) is 0 Å². The Bertz CT molecular complexity index is 178. The molecule has 0 atom stereocenters. The molecule has 0 aromatic heterocycles. The predicted octanol–water partition coefficient (Wildman–Crippen LogP) is 4.74. The number of carbonyl (C=O) groups is 1. The summed E-state index contributed by atoms with van der Waals surface area (Å²) in [5.74, 6) is -1.08. The quantitative estimate of drug-likeness (QED) is 0.310. The van der Waals surface area contributed by atoms with E-state index in [1.54, 1.807) is 21.7 Å². The molecule has 0 bridgehead atoms. The first-order valence-corrected chi connectivity index (χ1v) is 13.8. The van der Waals surface area contributed by atoms with Crippen LogP contribution in [-0.4, -0.2) is 27.1 Å². The van der Waals surface area contributed by atoms with Crippen molar-refractivity contribution in [2.24, 2.45) is 0 Å². The van der Waals surface area contributed by atoms with Gasteiger partial charge < -0.3 is 9.90 Å². The molecule has 0 N–H and O–H groups in total. The van der Waals surface area contributed by atoms with Crippen molar-refractivity contribution in [2.45, 2.75) is 107 Å². The molecule has 126 valence electrons. The fourth-order valence-corrected chi connectivity index (χ4v) is 6.40. The fourth-order valence-electron chi connectivity index (χ4n) is 2.28. The summed E-state index contributed by atoms with van der Waals surface area (Å²) >= 11 is -0.0928. The third-order valence-electron chi connectivity index (χ3n) is 3.52. The second-order valence-electron chi connectivity index (χ2n) is 5.89. The first kappa shape index (κ1) is 23.5. The second kappa shape index (κ2) is 22.5. The van der Waals surface area contributed by atoms with Gasteiger partial charge in [-0.2, -0.15) is 0 Å². The van der Waals surface area contributed by atoms with Crippen LogP contribution in [0, 0.1) is 0 Å². The molecule has 0 saturated carbocycles. The Morgan fingerprint density at radius 2 is 1.00 bits per heavy atom. The average molecular weight is 405 g/mol. The number of rotatable bonds is 14. The number of unbranched alkanes of at least 4 members (excludes halogenated alkanes) is 10. The summed E-state index contributed by atoms with van der Waals surface area (Å²) < 4.78 is 3.35. The number of hydrogen-bond acceptors (Lipinski definition) is 2. The first-order chi connectivity index (χ1) is 10.1. The third-order valence-corrected chi connectivity index (χ3v) is 8.18. The molecule has 0 amide bonds. The van der Waals surface area contributed by atoms with Gasteiger partial charge in [0.25, 0.3) is 0 Å². The summed E-state index contributed by atoms with van der Waals surface area (Å²) in [5, 5.41) is 8.89. The van der Waals surface area contributed by atoms with Gasteiger partial charge in [0, 0.05) is 5.97 Å². The van der Waals surface area contributed by atoms with Gasteiger partial charge in [0.2, 0.25) is 0 Å². The van der Waals surface area contributed by atoms with E-state index in [1.807, 2.05) is 0 Å². The van der Waals surface area contributed by atoms with E-state index in [4.69, 9.17) is 9.90 Å². The molecule has 0 fully saturated rings. The molecular formula is C18H38O2Sn. The summed E-state index contributed by atoms with van der Waals surface area (Å²) in [4.78, 5) is 8.89. The number of aliphatic carboxylic acids is 1. The number of carboxylic acid groups (broad SMARTS) is 1. The van der Waals surface area contributed by atoms with E-state index < -0.39 is 5.97 Å². The van der Waals surface area contributed by atoms with Crippen LogP contribution in [0.4, 0.5) is 0 Å². The van der Waals surface area contributed by atoms with Crippen molar-refractivity contribution >= 4 is 27.1 Å². The van der Waals surface area contributed by atoms with Gasteiger partial charge in [-0.3, -0.25) is 0 Å². The standard InChI is InChI=1S/2C8H17.C2H4O2.Sn.H/c2*1-3-5-7-8-6-4-2;1-2(3)4;;/h2*1,3-8H2,2H3;1H3,(H,3,4);;/q;;;+1;/p-1. The first-order valence-electron chi connectivity index (χ1n) is 9.14. The number of hydrogen-bond donors (Lipinski definition) is 0. The van der Waals surface area contributed by atoms with Crippen LogP contribution in [0.3, 0.4) is 0 Å². The fraction of sp³-hybridized carbons (Fsp3) is 0.944. The van der Waals surface area contributed by atoms with Crippen molar-refractivity contribution in [1.29, 1.82) is 0 Å². The van der Waals surface area contributed by atoms with Crippen LogP contribution in [0.5, 0.6) is 0 Å². The summed E-state index contributed by atoms with van der Waals surface area (Å²) in [6.07, 6.45) is 17.9. The minimum absolute atomic E-state index is 0.0928. The molecule has 0 unspecified atom stereocenters. The molecular weight excluding hydrogens is 367 g/mol.